The average Bonchev–Trinajstić information content (AvgIpc) is 3.57. The lowest BCUT2D eigenvalue weighted by atomic mass is 10.1. The third-order valence-corrected chi connectivity index (χ3v) is 5.25. The lowest BCUT2D eigenvalue weighted by molar-refractivity contribution is 0.0688. The predicted octanol–water partition coefficient (Wildman–Crippen LogP) is 2.42. The quantitative estimate of drug-likeness (QED) is 0.361. The van der Waals surface area contributed by atoms with Crippen molar-refractivity contribution >= 4 is 29.0 Å². The molecule has 0 unspecified atom stereocenters. The number of hydrogen-bond acceptors (Lipinski definition) is 9. The Hall–Kier alpha value is -3.93. The van der Waals surface area contributed by atoms with E-state index in [0.717, 1.165) is 18.5 Å². The van der Waals surface area contributed by atoms with Gasteiger partial charge in [0, 0.05) is 18.5 Å². The lowest BCUT2D eigenvalue weighted by Gasteiger charge is -2.19. The maximum Gasteiger partial charge on any atom is 0.278 e. The molecule has 2 amide bonds. The summed E-state index contributed by atoms with van der Waals surface area (Å²) in [5, 5.41) is 22.8. The normalized spacial score (nSPS) is 13.5. The van der Waals surface area contributed by atoms with Crippen molar-refractivity contribution in [1.82, 2.24) is 35.0 Å². The molecule has 1 aliphatic carbocycles. The van der Waals surface area contributed by atoms with Crippen LogP contribution < -0.4 is 16.0 Å². The predicted molar refractivity (Wildman–Crippen MR) is 129 cm³/mol. The molecule has 4 N–H and O–H groups in total. The van der Waals surface area contributed by atoms with Gasteiger partial charge in [-0.2, -0.15) is 5.10 Å². The number of nitrogens with one attached hydrogen (secondary N) is 3. The Kier molecular flexibility index (Phi) is 6.74. The zero-order valence-corrected chi connectivity index (χ0v) is 20.1. The van der Waals surface area contributed by atoms with Crippen molar-refractivity contribution < 1.29 is 14.7 Å². The number of hydrogen-bond donors (Lipinski definition) is 4. The van der Waals surface area contributed by atoms with Crippen molar-refractivity contribution in [1.29, 1.82) is 0 Å². The van der Waals surface area contributed by atoms with Gasteiger partial charge in [-0.05, 0) is 40.5 Å². The summed E-state index contributed by atoms with van der Waals surface area (Å²) >= 11 is 0. The van der Waals surface area contributed by atoms with E-state index in [1.165, 1.54) is 17.2 Å². The number of aliphatic hydroxyl groups is 1. The Bertz CT molecular complexity index is 1210. The van der Waals surface area contributed by atoms with Gasteiger partial charge in [-0.15, -0.1) is 0 Å². The summed E-state index contributed by atoms with van der Waals surface area (Å²) in [5.41, 5.74) is 0.681. The van der Waals surface area contributed by atoms with Crippen LogP contribution in [0, 0.1) is 0 Å². The maximum atomic E-state index is 13.4. The molecule has 12 heteroatoms. The van der Waals surface area contributed by atoms with E-state index in [4.69, 9.17) is 0 Å². The van der Waals surface area contributed by atoms with Crippen LogP contribution in [-0.4, -0.2) is 58.8 Å². The summed E-state index contributed by atoms with van der Waals surface area (Å²) < 4.78 is 1.52. The van der Waals surface area contributed by atoms with Crippen molar-refractivity contribution in [2.24, 2.45) is 0 Å². The lowest BCUT2D eigenvalue weighted by Crippen LogP contribution is -2.39. The molecule has 0 aromatic carbocycles. The molecule has 3 aromatic heterocycles. The summed E-state index contributed by atoms with van der Waals surface area (Å²) in [4.78, 5) is 43.3. The van der Waals surface area contributed by atoms with Gasteiger partial charge in [-0.1, -0.05) is 0 Å². The van der Waals surface area contributed by atoms with E-state index in [1.807, 2.05) is 13.8 Å². The van der Waals surface area contributed by atoms with Crippen LogP contribution in [-0.2, 0) is 0 Å². The number of nitrogens with zero attached hydrogens (tertiary/aromatic N) is 6. The molecule has 0 atom stereocenters. The van der Waals surface area contributed by atoms with Gasteiger partial charge in [0.2, 0.25) is 0 Å². The van der Waals surface area contributed by atoms with Gasteiger partial charge in [0.1, 0.15) is 12.0 Å². The molecular formula is C23H29N9O3. The third-order valence-electron chi connectivity index (χ3n) is 5.25. The molecular weight excluding hydrogens is 450 g/mol. The monoisotopic (exact) mass is 479 g/mol. The second-order valence-corrected chi connectivity index (χ2v) is 9.41. The average molecular weight is 480 g/mol. The molecule has 0 aliphatic heterocycles. The molecule has 184 valence electrons. The van der Waals surface area contributed by atoms with E-state index in [9.17, 15) is 14.7 Å². The Morgan fingerprint density at radius 2 is 1.86 bits per heavy atom. The molecule has 1 aliphatic rings. The first-order valence-electron chi connectivity index (χ1n) is 11.4. The maximum absolute atomic E-state index is 13.4. The van der Waals surface area contributed by atoms with Gasteiger partial charge in [0.25, 0.3) is 11.8 Å². The molecule has 0 radical (unpaired) electrons. The minimum absolute atomic E-state index is 0.0324. The smallest absolute Gasteiger partial charge is 0.278 e. The number of carbonyl (C=O) groups excluding carboxylic acids is 2. The number of aromatic nitrogens is 6. The standard InChI is InChI=1S/C23H29N9O3/c1-13(2)32-19(22(34)27-11-23(3,4)35)17(10-28-32)31-21(33)18-20(29-15-7-24-12-25-8-15)26-9-16(30-18)14-5-6-14/h7-10,12-14,35H,5-6,11H2,1-4H3,(H,26,29)(H,27,34)(H,31,33). The van der Waals surface area contributed by atoms with E-state index in [0.29, 0.717) is 5.69 Å². The number of amides is 2. The summed E-state index contributed by atoms with van der Waals surface area (Å²) in [6.45, 7) is 6.96. The van der Waals surface area contributed by atoms with E-state index >= 15 is 0 Å². The first kappa shape index (κ1) is 24.2. The van der Waals surface area contributed by atoms with Crippen LogP contribution in [0.25, 0.3) is 0 Å². The van der Waals surface area contributed by atoms with Crippen molar-refractivity contribution in [2.45, 2.75) is 58.1 Å². The zero-order valence-electron chi connectivity index (χ0n) is 20.1. The van der Waals surface area contributed by atoms with E-state index in [-0.39, 0.29) is 41.4 Å². The second-order valence-electron chi connectivity index (χ2n) is 9.41. The Balaban J connectivity index is 1.64. The van der Waals surface area contributed by atoms with Gasteiger partial charge in [0.15, 0.2) is 11.5 Å². The van der Waals surface area contributed by atoms with Crippen LogP contribution in [0.4, 0.5) is 17.2 Å². The molecule has 1 saturated carbocycles. The molecule has 3 heterocycles. The molecule has 1 fully saturated rings. The van der Waals surface area contributed by atoms with E-state index in [1.54, 1.807) is 32.4 Å². The van der Waals surface area contributed by atoms with Gasteiger partial charge in [0.05, 0.1) is 47.5 Å². The van der Waals surface area contributed by atoms with Crippen LogP contribution in [0.5, 0.6) is 0 Å². The first-order chi connectivity index (χ1) is 16.6. The minimum atomic E-state index is -1.09. The largest absolute Gasteiger partial charge is 0.389 e. The van der Waals surface area contributed by atoms with E-state index < -0.39 is 17.4 Å². The Labute approximate surface area is 202 Å². The molecule has 0 bridgehead atoms. The minimum Gasteiger partial charge on any atom is -0.389 e. The van der Waals surface area contributed by atoms with Crippen LogP contribution in [0.1, 0.15) is 79.2 Å². The van der Waals surface area contributed by atoms with Gasteiger partial charge >= 0.3 is 0 Å². The molecule has 12 nitrogen and oxygen atoms in total. The van der Waals surface area contributed by atoms with Crippen LogP contribution in [0.3, 0.4) is 0 Å². The number of anilines is 3. The SMILES string of the molecule is CC(C)n1ncc(NC(=O)c2nc(C3CC3)cnc2Nc2cncnc2)c1C(=O)NCC(C)(C)O. The number of carbonyl (C=O) groups is 2. The summed E-state index contributed by atoms with van der Waals surface area (Å²) in [6.07, 6.45) is 9.60. The van der Waals surface area contributed by atoms with Crippen molar-refractivity contribution in [3.63, 3.8) is 0 Å². The molecule has 4 rings (SSSR count). The third kappa shape index (κ3) is 5.96. The molecule has 0 spiro atoms. The van der Waals surface area contributed by atoms with Gasteiger partial charge < -0.3 is 21.1 Å². The van der Waals surface area contributed by atoms with Crippen LogP contribution in [0.2, 0.25) is 0 Å². The first-order valence-corrected chi connectivity index (χ1v) is 11.4. The number of rotatable bonds is 9. The van der Waals surface area contributed by atoms with Crippen molar-refractivity contribution in [3.05, 3.63) is 48.2 Å². The molecule has 35 heavy (non-hydrogen) atoms. The fourth-order valence-electron chi connectivity index (χ4n) is 3.36. The van der Waals surface area contributed by atoms with Crippen LogP contribution >= 0.6 is 0 Å². The van der Waals surface area contributed by atoms with Crippen LogP contribution in [0.15, 0.2) is 31.1 Å². The fraction of sp³-hybridized carbons (Fsp3) is 0.435. The topological polar surface area (TPSA) is 160 Å². The van der Waals surface area contributed by atoms with Gasteiger partial charge in [-0.3, -0.25) is 14.3 Å². The Morgan fingerprint density at radius 3 is 2.49 bits per heavy atom. The second kappa shape index (κ2) is 9.74. The highest BCUT2D eigenvalue weighted by Gasteiger charge is 2.29. The Morgan fingerprint density at radius 1 is 1.14 bits per heavy atom. The fourth-order valence-corrected chi connectivity index (χ4v) is 3.36. The summed E-state index contributed by atoms with van der Waals surface area (Å²) in [5.74, 6) is -0.480. The zero-order chi connectivity index (χ0) is 25.2. The van der Waals surface area contributed by atoms with Gasteiger partial charge in [-0.25, -0.2) is 19.9 Å². The highest BCUT2D eigenvalue weighted by atomic mass is 16.3. The van der Waals surface area contributed by atoms with E-state index in [2.05, 4.69) is 41.0 Å². The molecule has 0 saturated heterocycles. The summed E-state index contributed by atoms with van der Waals surface area (Å²) in [7, 11) is 0. The highest BCUT2D eigenvalue weighted by molar-refractivity contribution is 6.09. The van der Waals surface area contributed by atoms with Crippen molar-refractivity contribution in [3.8, 4) is 0 Å². The molecule has 3 aromatic rings. The van der Waals surface area contributed by atoms with Crippen molar-refractivity contribution in [2.75, 3.05) is 17.2 Å². The summed E-state index contributed by atoms with van der Waals surface area (Å²) in [6, 6.07) is -0.142. The highest BCUT2D eigenvalue weighted by Crippen LogP contribution is 2.39.